The predicted octanol–water partition coefficient (Wildman–Crippen LogP) is 12.2. The molecule has 0 bridgehead atoms. The van der Waals surface area contributed by atoms with Crippen LogP contribution in [0.15, 0.2) is 208 Å². The van der Waals surface area contributed by atoms with Crippen molar-refractivity contribution in [2.45, 2.75) is 63.6 Å². The molecule has 1 fully saturated rings. The summed E-state index contributed by atoms with van der Waals surface area (Å²) in [5.41, 5.74) is 6.43. The number of ether oxygens (including phenoxy) is 7. The topological polar surface area (TPSA) is 108 Å². The van der Waals surface area contributed by atoms with Crippen molar-refractivity contribution in [3.63, 3.8) is 0 Å². The van der Waals surface area contributed by atoms with Crippen LogP contribution in [0.2, 0.25) is 0 Å². The monoisotopic (exact) mass is 920 g/mol. The first kappa shape index (κ1) is 45.5. The molecule has 0 aliphatic carbocycles. The molecule has 10 nitrogen and oxygen atoms in total. The molecule has 0 saturated carbocycles. The highest BCUT2D eigenvalue weighted by Crippen LogP contribution is 2.47. The van der Waals surface area contributed by atoms with Crippen molar-refractivity contribution in [1.82, 2.24) is 0 Å². The minimum absolute atomic E-state index is 0.130. The van der Waals surface area contributed by atoms with Crippen LogP contribution in [0.1, 0.15) is 39.5 Å². The lowest BCUT2D eigenvalue weighted by Crippen LogP contribution is -2.58. The summed E-state index contributed by atoms with van der Waals surface area (Å²) >= 11 is 0. The number of methoxy groups -OCH3 is 1. The van der Waals surface area contributed by atoms with Crippen LogP contribution in [0.5, 0.6) is 11.5 Å². The largest absolute Gasteiger partial charge is 0.495 e. The Balaban J connectivity index is 1.11. The van der Waals surface area contributed by atoms with Crippen molar-refractivity contribution in [2.75, 3.05) is 13.7 Å². The van der Waals surface area contributed by atoms with E-state index in [2.05, 4.69) is 0 Å². The highest BCUT2D eigenvalue weighted by Gasteiger charge is 2.51. The molecule has 348 valence electrons. The van der Waals surface area contributed by atoms with E-state index in [4.69, 9.17) is 42.0 Å². The Kier molecular flexibility index (Phi) is 14.3. The van der Waals surface area contributed by atoms with E-state index in [0.717, 1.165) is 27.8 Å². The number of fused-ring (bicyclic) bond motifs is 2. The number of rotatable bonds is 19. The Labute approximate surface area is 400 Å². The molecule has 0 spiro atoms. The summed E-state index contributed by atoms with van der Waals surface area (Å²) in [6.45, 7) is 1.60. The Morgan fingerprint density at radius 1 is 0.522 bits per heavy atom. The first-order valence-electron chi connectivity index (χ1n) is 23.2. The SMILES string of the molecule is COc1c2ccoc2c([C@@H]2O[C@H](COCc3ccccc3)[C@@H](OCc3ccccc3)[C@H](OCc3ccccc3)[C@H]2OCc2ccccc2)c2oc(-c3ccc(OCc4ccccc4)cc3)cc(=O)c12. The van der Waals surface area contributed by atoms with E-state index in [0.29, 0.717) is 52.6 Å². The molecule has 7 aromatic carbocycles. The van der Waals surface area contributed by atoms with Gasteiger partial charge in [-0.2, -0.15) is 0 Å². The van der Waals surface area contributed by atoms with Crippen LogP contribution >= 0.6 is 0 Å². The lowest BCUT2D eigenvalue weighted by Gasteiger charge is -2.46. The zero-order valence-corrected chi connectivity index (χ0v) is 38.2. The summed E-state index contributed by atoms with van der Waals surface area (Å²) < 4.78 is 60.6. The highest BCUT2D eigenvalue weighted by atomic mass is 16.6. The summed E-state index contributed by atoms with van der Waals surface area (Å²) in [5, 5.41) is 0.811. The maximum absolute atomic E-state index is 14.7. The fourth-order valence-electron chi connectivity index (χ4n) is 8.92. The van der Waals surface area contributed by atoms with Crippen LogP contribution in [0.25, 0.3) is 33.3 Å². The van der Waals surface area contributed by atoms with Gasteiger partial charge in [-0.05, 0) is 58.1 Å². The standard InChI is InChI=1S/C59H52O10/c1-61-53-47-31-32-63-54(47)52(56-51(53)48(60)33-49(68-56)45-27-29-46(30-28-45)64-35-41-19-9-3-10-20-41)57-59(67-38-44-25-15-6-16-26-44)58(66-37-43-23-13-5-14-24-43)55(65-36-42-21-11-4-12-22-42)50(69-57)39-62-34-40-17-7-2-8-18-40/h2-33,50,55,57-59H,34-39H2,1H3/t50-,55-,57+,58+,59+/m1/s1. The first-order valence-corrected chi connectivity index (χ1v) is 23.2. The number of furan rings is 1. The number of hydrogen-bond acceptors (Lipinski definition) is 10. The summed E-state index contributed by atoms with van der Waals surface area (Å²) in [6.07, 6.45) is -2.44. The Morgan fingerprint density at radius 2 is 1.03 bits per heavy atom. The lowest BCUT2D eigenvalue weighted by atomic mass is 9.88. The summed E-state index contributed by atoms with van der Waals surface area (Å²) in [5.74, 6) is 1.33. The van der Waals surface area contributed by atoms with Gasteiger partial charge in [0.05, 0.1) is 57.4 Å². The van der Waals surface area contributed by atoms with E-state index in [1.807, 2.05) is 176 Å². The van der Waals surface area contributed by atoms with Gasteiger partial charge < -0.3 is 42.0 Å². The molecule has 69 heavy (non-hydrogen) atoms. The zero-order chi connectivity index (χ0) is 46.8. The third kappa shape index (κ3) is 10.6. The highest BCUT2D eigenvalue weighted by molar-refractivity contribution is 6.05. The fourth-order valence-corrected chi connectivity index (χ4v) is 8.92. The Morgan fingerprint density at radius 3 is 1.58 bits per heavy atom. The van der Waals surface area contributed by atoms with Crippen molar-refractivity contribution in [3.05, 3.63) is 238 Å². The second kappa shape index (κ2) is 21.8. The van der Waals surface area contributed by atoms with E-state index < -0.39 is 30.5 Å². The molecule has 3 heterocycles. The summed E-state index contributed by atoms with van der Waals surface area (Å²) in [7, 11) is 1.54. The van der Waals surface area contributed by atoms with Gasteiger partial charge >= 0.3 is 0 Å². The predicted molar refractivity (Wildman–Crippen MR) is 264 cm³/mol. The van der Waals surface area contributed by atoms with Crippen LogP contribution in [-0.4, -0.2) is 38.1 Å². The molecule has 9 aromatic rings. The fraction of sp³-hybridized carbons (Fsp3) is 0.203. The van der Waals surface area contributed by atoms with Crippen molar-refractivity contribution in [2.24, 2.45) is 0 Å². The third-order valence-electron chi connectivity index (χ3n) is 12.3. The van der Waals surface area contributed by atoms with Gasteiger partial charge in [0.15, 0.2) is 11.0 Å². The van der Waals surface area contributed by atoms with Crippen LogP contribution in [-0.2, 0) is 56.7 Å². The molecule has 1 aliphatic rings. The molecule has 2 aromatic heterocycles. The van der Waals surface area contributed by atoms with E-state index in [1.54, 1.807) is 12.3 Å². The Hall–Kier alpha value is -7.31. The average molecular weight is 921 g/mol. The molecule has 10 heteroatoms. The van der Waals surface area contributed by atoms with Gasteiger partial charge in [0.2, 0.25) is 0 Å². The molecule has 0 radical (unpaired) electrons. The quantitative estimate of drug-likeness (QED) is 0.0778. The second-order valence-corrected chi connectivity index (χ2v) is 17.0. The molecule has 0 amide bonds. The smallest absolute Gasteiger partial charge is 0.197 e. The van der Waals surface area contributed by atoms with Crippen LogP contribution in [0.4, 0.5) is 0 Å². The minimum Gasteiger partial charge on any atom is -0.495 e. The van der Waals surface area contributed by atoms with Crippen LogP contribution in [0, 0.1) is 0 Å². The van der Waals surface area contributed by atoms with Gasteiger partial charge in [0, 0.05) is 11.6 Å². The molecule has 1 aliphatic heterocycles. The molecular formula is C59H52O10. The Bertz CT molecular complexity index is 3090. The van der Waals surface area contributed by atoms with E-state index in [1.165, 1.54) is 13.2 Å². The van der Waals surface area contributed by atoms with Gasteiger partial charge in [-0.3, -0.25) is 4.79 Å². The van der Waals surface area contributed by atoms with Crippen molar-refractivity contribution < 1.29 is 42.0 Å². The minimum atomic E-state index is -0.967. The van der Waals surface area contributed by atoms with Gasteiger partial charge in [-0.15, -0.1) is 0 Å². The number of hydrogen-bond donors (Lipinski definition) is 0. The third-order valence-corrected chi connectivity index (χ3v) is 12.3. The van der Waals surface area contributed by atoms with E-state index in [-0.39, 0.29) is 42.8 Å². The molecule has 10 rings (SSSR count). The van der Waals surface area contributed by atoms with Crippen molar-refractivity contribution >= 4 is 21.9 Å². The van der Waals surface area contributed by atoms with Crippen LogP contribution in [0.3, 0.4) is 0 Å². The maximum Gasteiger partial charge on any atom is 0.197 e. The van der Waals surface area contributed by atoms with Crippen molar-refractivity contribution in [3.8, 4) is 22.8 Å². The van der Waals surface area contributed by atoms with Gasteiger partial charge in [0.1, 0.15) is 65.4 Å². The molecule has 0 unspecified atom stereocenters. The first-order chi connectivity index (χ1) is 34.1. The summed E-state index contributed by atoms with van der Waals surface area (Å²) in [6, 6.07) is 60.7. The van der Waals surface area contributed by atoms with E-state index in [9.17, 15) is 4.79 Å². The van der Waals surface area contributed by atoms with Gasteiger partial charge in [0.25, 0.3) is 0 Å². The lowest BCUT2D eigenvalue weighted by molar-refractivity contribution is -0.274. The summed E-state index contributed by atoms with van der Waals surface area (Å²) in [4.78, 5) is 14.7. The van der Waals surface area contributed by atoms with Gasteiger partial charge in [-0.25, -0.2) is 0 Å². The molecule has 5 atom stereocenters. The van der Waals surface area contributed by atoms with Gasteiger partial charge in [-0.1, -0.05) is 152 Å². The average Bonchev–Trinajstić information content (AvgIpc) is 3.89. The normalized spacial score (nSPS) is 18.1. The van der Waals surface area contributed by atoms with E-state index >= 15 is 0 Å². The zero-order valence-electron chi connectivity index (χ0n) is 38.2. The molecule has 1 saturated heterocycles. The number of benzene rings is 7. The maximum atomic E-state index is 14.7. The molecule has 0 N–H and O–H groups in total. The van der Waals surface area contributed by atoms with Crippen LogP contribution < -0.4 is 14.9 Å². The van der Waals surface area contributed by atoms with Crippen molar-refractivity contribution in [1.29, 1.82) is 0 Å². The second-order valence-electron chi connectivity index (χ2n) is 17.0. The molecular weight excluding hydrogens is 869 g/mol.